The first-order valence-corrected chi connectivity index (χ1v) is 12.7. The molecule has 2 unspecified atom stereocenters. The van der Waals surface area contributed by atoms with E-state index in [9.17, 15) is 9.32 Å². The van der Waals surface area contributed by atoms with Crippen LogP contribution in [0.4, 0.5) is 17.5 Å². The zero-order valence-electron chi connectivity index (χ0n) is 17.6. The third-order valence-electron chi connectivity index (χ3n) is 7.01. The van der Waals surface area contributed by atoms with E-state index in [0.29, 0.717) is 28.5 Å². The Kier molecular flexibility index (Phi) is 5.56. The van der Waals surface area contributed by atoms with Crippen LogP contribution in [0.1, 0.15) is 19.3 Å². The Labute approximate surface area is 190 Å². The molecule has 2 aliphatic heterocycles. The van der Waals surface area contributed by atoms with Gasteiger partial charge in [-0.1, -0.05) is 11.6 Å². The maximum atomic E-state index is 12.2. The molecule has 1 aliphatic carbocycles. The lowest BCUT2D eigenvalue weighted by Gasteiger charge is -2.41. The number of nitrogens with one attached hydrogen (secondary N) is 1. The molecule has 9 heteroatoms. The SMILES string of the molecule is C[S@@](=O)c1cnc(N2CC3CN(c4ccc(Cl)cc4)CC3C2)nc1NC1(CO)CCC1. The van der Waals surface area contributed by atoms with Crippen molar-refractivity contribution in [2.45, 2.75) is 29.7 Å². The molecule has 1 aromatic heterocycles. The molecule has 3 heterocycles. The van der Waals surface area contributed by atoms with E-state index in [1.807, 2.05) is 12.1 Å². The molecule has 3 aliphatic rings. The second-order valence-corrected chi connectivity index (χ2v) is 10.8. The number of aliphatic hydroxyl groups excluding tert-OH is 1. The highest BCUT2D eigenvalue weighted by Crippen LogP contribution is 2.38. The van der Waals surface area contributed by atoms with Crippen molar-refractivity contribution in [1.29, 1.82) is 0 Å². The van der Waals surface area contributed by atoms with E-state index in [1.54, 1.807) is 12.5 Å². The summed E-state index contributed by atoms with van der Waals surface area (Å²) >= 11 is 6.03. The summed E-state index contributed by atoms with van der Waals surface area (Å²) < 4.78 is 12.2. The summed E-state index contributed by atoms with van der Waals surface area (Å²) in [5.41, 5.74) is 0.873. The molecule has 166 valence electrons. The predicted molar refractivity (Wildman–Crippen MR) is 125 cm³/mol. The normalized spacial score (nSPS) is 25.3. The number of anilines is 3. The largest absolute Gasteiger partial charge is 0.394 e. The number of aliphatic hydroxyl groups is 1. The van der Waals surface area contributed by atoms with Crippen molar-refractivity contribution in [3.05, 3.63) is 35.5 Å². The summed E-state index contributed by atoms with van der Waals surface area (Å²) in [5.74, 6) is 2.40. The van der Waals surface area contributed by atoms with E-state index in [0.717, 1.165) is 50.5 Å². The summed E-state index contributed by atoms with van der Waals surface area (Å²) in [6.45, 7) is 3.90. The van der Waals surface area contributed by atoms with Crippen molar-refractivity contribution in [2.24, 2.45) is 11.8 Å². The standard InChI is InChI=1S/C22H28ClN5O2S/c1-31(30)19-9-24-21(25-20(19)26-22(14-29)7-2-8-22)28-12-15-10-27(11-16(15)13-28)18-5-3-17(23)4-6-18/h3-6,9,15-16,29H,2,7-8,10-14H2,1H3,(H,24,25,26)/t15?,16?,31-/m1/s1. The summed E-state index contributed by atoms with van der Waals surface area (Å²) in [4.78, 5) is 14.6. The molecule has 5 rings (SSSR count). The molecule has 3 atom stereocenters. The summed E-state index contributed by atoms with van der Waals surface area (Å²) in [5, 5.41) is 14.0. The van der Waals surface area contributed by atoms with E-state index in [2.05, 4.69) is 32.2 Å². The third kappa shape index (κ3) is 4.01. The molecule has 31 heavy (non-hydrogen) atoms. The molecule has 0 amide bonds. The fourth-order valence-corrected chi connectivity index (χ4v) is 5.71. The Balaban J connectivity index is 1.31. The fraction of sp³-hybridized carbons (Fsp3) is 0.545. The van der Waals surface area contributed by atoms with Crippen molar-refractivity contribution in [1.82, 2.24) is 9.97 Å². The Morgan fingerprint density at radius 2 is 1.81 bits per heavy atom. The maximum Gasteiger partial charge on any atom is 0.227 e. The van der Waals surface area contributed by atoms with Crippen LogP contribution in [0, 0.1) is 11.8 Å². The minimum absolute atomic E-state index is 0.0521. The van der Waals surface area contributed by atoms with Gasteiger partial charge >= 0.3 is 0 Å². The van der Waals surface area contributed by atoms with Crippen molar-refractivity contribution in [2.75, 3.05) is 54.2 Å². The lowest BCUT2D eigenvalue weighted by Crippen LogP contribution is -2.48. The Morgan fingerprint density at radius 3 is 2.35 bits per heavy atom. The Hall–Kier alpha value is -1.90. The molecule has 0 radical (unpaired) electrons. The molecular weight excluding hydrogens is 434 g/mol. The van der Waals surface area contributed by atoms with E-state index < -0.39 is 10.8 Å². The second-order valence-electron chi connectivity index (χ2n) is 9.06. The summed E-state index contributed by atoms with van der Waals surface area (Å²) in [7, 11) is -1.20. The van der Waals surface area contributed by atoms with Crippen molar-refractivity contribution in [3.8, 4) is 0 Å². The Morgan fingerprint density at radius 1 is 1.16 bits per heavy atom. The minimum Gasteiger partial charge on any atom is -0.394 e. The average Bonchev–Trinajstić information content (AvgIpc) is 3.30. The van der Waals surface area contributed by atoms with Gasteiger partial charge in [0.15, 0.2) is 0 Å². The van der Waals surface area contributed by atoms with E-state index in [1.165, 1.54) is 5.69 Å². The highest BCUT2D eigenvalue weighted by Gasteiger charge is 2.42. The quantitative estimate of drug-likeness (QED) is 0.684. The molecule has 2 N–H and O–H groups in total. The number of hydrogen-bond acceptors (Lipinski definition) is 7. The third-order valence-corrected chi connectivity index (χ3v) is 8.18. The monoisotopic (exact) mass is 461 g/mol. The van der Waals surface area contributed by atoms with Gasteiger partial charge in [-0.3, -0.25) is 4.21 Å². The maximum absolute atomic E-state index is 12.2. The van der Waals surface area contributed by atoms with Crippen LogP contribution < -0.4 is 15.1 Å². The minimum atomic E-state index is -1.20. The lowest BCUT2D eigenvalue weighted by molar-refractivity contribution is 0.143. The van der Waals surface area contributed by atoms with Crippen LogP contribution in [0.3, 0.4) is 0 Å². The molecule has 1 aromatic carbocycles. The highest BCUT2D eigenvalue weighted by molar-refractivity contribution is 7.84. The van der Waals surface area contributed by atoms with E-state index >= 15 is 0 Å². The molecule has 2 aromatic rings. The van der Waals surface area contributed by atoms with Crippen molar-refractivity contribution < 1.29 is 9.32 Å². The van der Waals surface area contributed by atoms with Crippen LogP contribution in [0.5, 0.6) is 0 Å². The first-order valence-electron chi connectivity index (χ1n) is 10.8. The fourth-order valence-electron chi connectivity index (χ4n) is 5.01. The predicted octanol–water partition coefficient (Wildman–Crippen LogP) is 2.77. The molecular formula is C22H28ClN5O2S. The van der Waals surface area contributed by atoms with Gasteiger partial charge in [0.1, 0.15) is 5.82 Å². The first-order chi connectivity index (χ1) is 15.0. The van der Waals surface area contributed by atoms with E-state index in [4.69, 9.17) is 16.6 Å². The number of rotatable bonds is 6. The number of hydrogen-bond donors (Lipinski definition) is 2. The van der Waals surface area contributed by atoms with Gasteiger partial charge in [0.2, 0.25) is 5.95 Å². The molecule has 0 bridgehead atoms. The van der Waals surface area contributed by atoms with Crippen LogP contribution in [-0.4, -0.2) is 63.9 Å². The van der Waals surface area contributed by atoms with E-state index in [-0.39, 0.29) is 12.1 Å². The highest BCUT2D eigenvalue weighted by atomic mass is 35.5. The summed E-state index contributed by atoms with van der Waals surface area (Å²) in [6.07, 6.45) is 6.19. The van der Waals surface area contributed by atoms with Gasteiger partial charge in [-0.15, -0.1) is 0 Å². The number of halogens is 1. The molecule has 2 saturated heterocycles. The molecule has 0 spiro atoms. The smallest absolute Gasteiger partial charge is 0.227 e. The molecule has 1 saturated carbocycles. The number of benzene rings is 1. The number of nitrogens with zero attached hydrogens (tertiary/aromatic N) is 4. The average molecular weight is 462 g/mol. The van der Waals surface area contributed by atoms with Gasteiger partial charge in [0, 0.05) is 55.0 Å². The van der Waals surface area contributed by atoms with Crippen LogP contribution in [0.25, 0.3) is 0 Å². The van der Waals surface area contributed by atoms with Gasteiger partial charge in [0.05, 0.1) is 34.0 Å². The lowest BCUT2D eigenvalue weighted by atomic mass is 9.77. The van der Waals surface area contributed by atoms with Crippen LogP contribution in [0.2, 0.25) is 5.02 Å². The Bertz CT molecular complexity index is 965. The van der Waals surface area contributed by atoms with Gasteiger partial charge in [-0.05, 0) is 43.5 Å². The summed E-state index contributed by atoms with van der Waals surface area (Å²) in [6, 6.07) is 8.06. The number of fused-ring (bicyclic) bond motifs is 1. The van der Waals surface area contributed by atoms with Gasteiger partial charge in [-0.2, -0.15) is 4.98 Å². The van der Waals surface area contributed by atoms with Crippen LogP contribution >= 0.6 is 11.6 Å². The molecule has 3 fully saturated rings. The second kappa shape index (κ2) is 8.22. The van der Waals surface area contributed by atoms with Gasteiger partial charge < -0.3 is 20.2 Å². The topological polar surface area (TPSA) is 81.6 Å². The zero-order chi connectivity index (χ0) is 21.6. The first kappa shape index (κ1) is 21.0. The molecule has 7 nitrogen and oxygen atoms in total. The zero-order valence-corrected chi connectivity index (χ0v) is 19.2. The van der Waals surface area contributed by atoms with Crippen molar-refractivity contribution in [3.63, 3.8) is 0 Å². The van der Waals surface area contributed by atoms with Crippen LogP contribution in [-0.2, 0) is 10.8 Å². The number of aromatic nitrogens is 2. The van der Waals surface area contributed by atoms with Crippen LogP contribution in [0.15, 0.2) is 35.4 Å². The van der Waals surface area contributed by atoms with Gasteiger partial charge in [-0.25, -0.2) is 4.98 Å². The van der Waals surface area contributed by atoms with Crippen molar-refractivity contribution >= 4 is 39.9 Å². The van der Waals surface area contributed by atoms with Gasteiger partial charge in [0.25, 0.3) is 0 Å².